The van der Waals surface area contributed by atoms with Crippen LogP contribution >= 0.6 is 0 Å². The van der Waals surface area contributed by atoms with Gasteiger partial charge in [-0.15, -0.1) is 0 Å². The lowest BCUT2D eigenvalue weighted by Gasteiger charge is -2.21. The van der Waals surface area contributed by atoms with E-state index < -0.39 is 0 Å². The van der Waals surface area contributed by atoms with Gasteiger partial charge < -0.3 is 10.6 Å². The molecule has 138 valence electrons. The van der Waals surface area contributed by atoms with Crippen LogP contribution in [0.15, 0.2) is 24.3 Å². The maximum Gasteiger partial charge on any atom is 0.0343 e. The van der Waals surface area contributed by atoms with Crippen LogP contribution in [0.4, 0.5) is 11.4 Å². The Morgan fingerprint density at radius 2 is 0.958 bits per heavy atom. The molecule has 0 aliphatic heterocycles. The van der Waals surface area contributed by atoms with Crippen LogP contribution < -0.4 is 10.6 Å². The summed E-state index contributed by atoms with van der Waals surface area (Å²) in [6.45, 7) is 13.8. The fourth-order valence-electron chi connectivity index (χ4n) is 2.96. The van der Waals surface area contributed by atoms with Gasteiger partial charge in [0, 0.05) is 23.5 Å². The van der Waals surface area contributed by atoms with Gasteiger partial charge in [0.05, 0.1) is 0 Å². The van der Waals surface area contributed by atoms with Crippen molar-refractivity contribution < 1.29 is 0 Å². The summed E-state index contributed by atoms with van der Waals surface area (Å²) in [5, 5.41) is 7.38. The molecule has 2 nitrogen and oxygen atoms in total. The third kappa shape index (κ3) is 8.61. The highest BCUT2D eigenvalue weighted by molar-refractivity contribution is 5.54. The summed E-state index contributed by atoms with van der Waals surface area (Å²) in [5.41, 5.74) is 2.48. The molecule has 0 spiro atoms. The van der Waals surface area contributed by atoms with E-state index in [4.69, 9.17) is 0 Å². The van der Waals surface area contributed by atoms with E-state index in [-0.39, 0.29) is 0 Å². The monoisotopic (exact) mass is 332 g/mol. The summed E-state index contributed by atoms with van der Waals surface area (Å²) in [6, 6.07) is 10.0. The molecule has 0 saturated heterocycles. The van der Waals surface area contributed by atoms with Crippen molar-refractivity contribution in [2.45, 2.75) is 92.2 Å². The van der Waals surface area contributed by atoms with Crippen molar-refractivity contribution >= 4 is 11.4 Å². The molecule has 24 heavy (non-hydrogen) atoms. The Morgan fingerprint density at radius 1 is 0.625 bits per heavy atom. The Kier molecular flexibility index (Phi) is 9.90. The second kappa shape index (κ2) is 11.4. The van der Waals surface area contributed by atoms with Gasteiger partial charge in [-0.05, 0) is 74.6 Å². The molecular formula is C22H40N2. The molecule has 2 heteroatoms. The van der Waals surface area contributed by atoms with Crippen molar-refractivity contribution in [2.75, 3.05) is 10.6 Å². The first kappa shape index (κ1) is 20.9. The van der Waals surface area contributed by atoms with E-state index in [1.54, 1.807) is 0 Å². The Balaban J connectivity index is 2.51. The van der Waals surface area contributed by atoms with Crippen LogP contribution in [0.3, 0.4) is 0 Å². The average molecular weight is 333 g/mol. The van der Waals surface area contributed by atoms with Gasteiger partial charge in [-0.1, -0.05) is 41.5 Å². The Hall–Kier alpha value is -1.18. The first-order valence-electron chi connectivity index (χ1n) is 10.1. The van der Waals surface area contributed by atoms with Gasteiger partial charge in [-0.3, -0.25) is 0 Å². The van der Waals surface area contributed by atoms with Crippen LogP contribution in [0.25, 0.3) is 0 Å². The first-order valence-corrected chi connectivity index (χ1v) is 10.1. The second-order valence-electron chi connectivity index (χ2n) is 8.02. The number of hydrogen-bond acceptors (Lipinski definition) is 2. The summed E-state index contributed by atoms with van der Waals surface area (Å²) < 4.78 is 0. The zero-order chi connectivity index (χ0) is 17.9. The molecule has 0 amide bonds. The molecule has 0 radical (unpaired) electrons. The van der Waals surface area contributed by atoms with Crippen LogP contribution in [-0.2, 0) is 0 Å². The van der Waals surface area contributed by atoms with Gasteiger partial charge in [0.2, 0.25) is 0 Å². The van der Waals surface area contributed by atoms with Crippen LogP contribution in [0.2, 0.25) is 0 Å². The summed E-state index contributed by atoms with van der Waals surface area (Å²) in [4.78, 5) is 0. The lowest BCUT2D eigenvalue weighted by Crippen LogP contribution is -2.20. The SMILES string of the molecule is CCC(CCC(C)C)Nc1ccc(NC(CC)CCC(C)C)cc1. The van der Waals surface area contributed by atoms with Crippen LogP contribution in [-0.4, -0.2) is 12.1 Å². The Labute approximate surface area is 150 Å². The van der Waals surface area contributed by atoms with Gasteiger partial charge >= 0.3 is 0 Å². The van der Waals surface area contributed by atoms with Gasteiger partial charge in [0.15, 0.2) is 0 Å². The predicted octanol–water partition coefficient (Wildman–Crippen LogP) is 6.94. The van der Waals surface area contributed by atoms with Crippen molar-refractivity contribution in [3.8, 4) is 0 Å². The largest absolute Gasteiger partial charge is 0.382 e. The van der Waals surface area contributed by atoms with E-state index >= 15 is 0 Å². The van der Waals surface area contributed by atoms with E-state index in [1.165, 1.54) is 49.9 Å². The molecule has 0 bridgehead atoms. The molecule has 0 aromatic heterocycles. The first-order chi connectivity index (χ1) is 11.4. The van der Waals surface area contributed by atoms with Crippen LogP contribution in [0, 0.1) is 11.8 Å². The number of anilines is 2. The van der Waals surface area contributed by atoms with Crippen molar-refractivity contribution in [2.24, 2.45) is 11.8 Å². The van der Waals surface area contributed by atoms with Crippen molar-refractivity contribution in [1.29, 1.82) is 0 Å². The predicted molar refractivity (Wildman–Crippen MR) is 110 cm³/mol. The van der Waals surface area contributed by atoms with Gasteiger partial charge in [-0.25, -0.2) is 0 Å². The Bertz CT molecular complexity index is 381. The molecule has 2 atom stereocenters. The van der Waals surface area contributed by atoms with Crippen molar-refractivity contribution in [3.63, 3.8) is 0 Å². The average Bonchev–Trinajstić information content (AvgIpc) is 2.56. The molecule has 0 aliphatic carbocycles. The van der Waals surface area contributed by atoms with E-state index in [9.17, 15) is 0 Å². The van der Waals surface area contributed by atoms with Crippen LogP contribution in [0.5, 0.6) is 0 Å². The van der Waals surface area contributed by atoms with E-state index in [0.29, 0.717) is 12.1 Å². The standard InChI is InChI=1S/C22H40N2/c1-7-19(11-9-17(3)4)23-21-13-15-22(16-14-21)24-20(8-2)12-10-18(5)6/h13-20,23-24H,7-12H2,1-6H3. The molecule has 0 fully saturated rings. The molecule has 1 aromatic rings. The van der Waals surface area contributed by atoms with E-state index in [2.05, 4.69) is 76.4 Å². The molecule has 2 N–H and O–H groups in total. The molecule has 1 aromatic carbocycles. The van der Waals surface area contributed by atoms with E-state index in [1.807, 2.05) is 0 Å². The van der Waals surface area contributed by atoms with Gasteiger partial charge in [0.25, 0.3) is 0 Å². The van der Waals surface area contributed by atoms with Gasteiger partial charge in [0.1, 0.15) is 0 Å². The maximum atomic E-state index is 3.69. The highest BCUT2D eigenvalue weighted by Crippen LogP contribution is 2.20. The second-order valence-corrected chi connectivity index (χ2v) is 8.02. The highest BCUT2D eigenvalue weighted by atomic mass is 14.9. The third-order valence-corrected chi connectivity index (χ3v) is 4.80. The molecular weight excluding hydrogens is 292 g/mol. The molecule has 0 heterocycles. The van der Waals surface area contributed by atoms with Crippen LogP contribution in [0.1, 0.15) is 80.1 Å². The lowest BCUT2D eigenvalue weighted by atomic mass is 10.0. The highest BCUT2D eigenvalue weighted by Gasteiger charge is 2.09. The zero-order valence-corrected chi connectivity index (χ0v) is 16.9. The number of hydrogen-bond donors (Lipinski definition) is 2. The van der Waals surface area contributed by atoms with Crippen molar-refractivity contribution in [3.05, 3.63) is 24.3 Å². The summed E-state index contributed by atoms with van der Waals surface area (Å²) in [6.07, 6.45) is 7.45. The minimum Gasteiger partial charge on any atom is -0.382 e. The zero-order valence-electron chi connectivity index (χ0n) is 16.9. The molecule has 0 aliphatic rings. The van der Waals surface area contributed by atoms with E-state index in [0.717, 1.165) is 11.8 Å². The lowest BCUT2D eigenvalue weighted by molar-refractivity contribution is 0.505. The fourth-order valence-corrected chi connectivity index (χ4v) is 2.96. The normalized spacial score (nSPS) is 14.0. The molecule has 0 saturated carbocycles. The quantitative estimate of drug-likeness (QED) is 0.433. The molecule has 2 unspecified atom stereocenters. The number of rotatable bonds is 12. The fraction of sp³-hybridized carbons (Fsp3) is 0.727. The Morgan fingerprint density at radius 3 is 1.21 bits per heavy atom. The summed E-state index contributed by atoms with van der Waals surface area (Å²) in [7, 11) is 0. The molecule has 1 rings (SSSR count). The topological polar surface area (TPSA) is 24.1 Å². The maximum absolute atomic E-state index is 3.69. The van der Waals surface area contributed by atoms with Crippen molar-refractivity contribution in [1.82, 2.24) is 0 Å². The smallest absolute Gasteiger partial charge is 0.0343 e. The summed E-state index contributed by atoms with van der Waals surface area (Å²) >= 11 is 0. The number of benzene rings is 1. The summed E-state index contributed by atoms with van der Waals surface area (Å²) in [5.74, 6) is 1.56. The minimum absolute atomic E-state index is 0.584. The minimum atomic E-state index is 0.584. The third-order valence-electron chi connectivity index (χ3n) is 4.80. The number of nitrogens with one attached hydrogen (secondary N) is 2. The van der Waals surface area contributed by atoms with Gasteiger partial charge in [-0.2, -0.15) is 0 Å².